The van der Waals surface area contributed by atoms with Crippen LogP contribution in [0.5, 0.6) is 0 Å². The zero-order valence-electron chi connectivity index (χ0n) is 15.9. The van der Waals surface area contributed by atoms with Crippen molar-refractivity contribution >= 4 is 11.6 Å². The number of rotatable bonds is 6. The molecule has 148 valence electrons. The molecule has 3 N–H and O–H groups in total. The second kappa shape index (κ2) is 8.12. The Labute approximate surface area is 156 Å². The largest absolute Gasteiger partial charge is 0.416 e. The average Bonchev–Trinajstić information content (AvgIpc) is 2.80. The highest BCUT2D eigenvalue weighted by Crippen LogP contribution is 2.32. The summed E-state index contributed by atoms with van der Waals surface area (Å²) in [5.41, 5.74) is 7.46. The summed E-state index contributed by atoms with van der Waals surface area (Å²) in [6.07, 6.45) is -4.46. The van der Waals surface area contributed by atoms with Crippen LogP contribution in [0, 0.1) is 19.8 Å². The maximum atomic E-state index is 13.0. The Hall–Kier alpha value is -2.35. The maximum Gasteiger partial charge on any atom is 0.416 e. The van der Waals surface area contributed by atoms with Crippen LogP contribution in [0.2, 0.25) is 0 Å². The van der Waals surface area contributed by atoms with Crippen LogP contribution in [-0.4, -0.2) is 15.7 Å². The fraction of sp³-hybridized carbons (Fsp3) is 0.474. The number of carbonyl (C=O) groups excluding carboxylic acids is 1. The van der Waals surface area contributed by atoms with E-state index in [0.29, 0.717) is 11.5 Å². The third-order valence-electron chi connectivity index (χ3n) is 4.25. The van der Waals surface area contributed by atoms with Crippen molar-refractivity contribution in [2.75, 3.05) is 5.32 Å². The van der Waals surface area contributed by atoms with E-state index in [1.807, 2.05) is 18.5 Å². The molecule has 1 amide bonds. The number of nitrogens with two attached hydrogens (primary N) is 1. The first kappa shape index (κ1) is 21.0. The van der Waals surface area contributed by atoms with Gasteiger partial charge in [0.15, 0.2) is 0 Å². The van der Waals surface area contributed by atoms with Crippen molar-refractivity contribution in [1.82, 2.24) is 9.78 Å². The zero-order valence-corrected chi connectivity index (χ0v) is 15.9. The van der Waals surface area contributed by atoms with E-state index in [1.165, 1.54) is 6.07 Å². The molecule has 2 aromatic rings. The second-order valence-corrected chi connectivity index (χ2v) is 7.07. The third kappa shape index (κ3) is 5.32. The van der Waals surface area contributed by atoms with Crippen molar-refractivity contribution in [3.8, 4) is 0 Å². The molecule has 0 atom stereocenters. The first-order valence-electron chi connectivity index (χ1n) is 8.75. The monoisotopic (exact) mass is 382 g/mol. The first-order valence-corrected chi connectivity index (χ1v) is 8.75. The van der Waals surface area contributed by atoms with Gasteiger partial charge in [0, 0.05) is 30.0 Å². The standard InChI is InChI=1S/C19H25F3N4O/c1-11(2)10-26-13(4)17(12(3)25-26)8-18(27)24-16-6-14(9-23)5-15(7-16)19(20,21)22/h5-7,11H,8-10,23H2,1-4H3,(H,24,27). The summed E-state index contributed by atoms with van der Waals surface area (Å²) < 4.78 is 40.9. The Morgan fingerprint density at radius 2 is 1.93 bits per heavy atom. The Kier molecular flexibility index (Phi) is 6.30. The van der Waals surface area contributed by atoms with E-state index in [2.05, 4.69) is 24.3 Å². The molecule has 1 aromatic carbocycles. The number of amides is 1. The molecule has 0 saturated heterocycles. The smallest absolute Gasteiger partial charge is 0.326 e. The second-order valence-electron chi connectivity index (χ2n) is 7.07. The Bertz CT molecular complexity index is 825. The minimum atomic E-state index is -4.50. The molecule has 0 fully saturated rings. The molecule has 0 saturated carbocycles. The molecule has 0 aliphatic rings. The highest BCUT2D eigenvalue weighted by Gasteiger charge is 2.31. The van der Waals surface area contributed by atoms with E-state index in [1.54, 1.807) is 0 Å². The van der Waals surface area contributed by atoms with Crippen LogP contribution in [0.15, 0.2) is 18.2 Å². The van der Waals surface area contributed by atoms with Gasteiger partial charge in [-0.15, -0.1) is 0 Å². The summed E-state index contributed by atoms with van der Waals surface area (Å²) in [6, 6.07) is 3.36. The molecule has 5 nitrogen and oxygen atoms in total. The normalized spacial score (nSPS) is 11.9. The number of aryl methyl sites for hydroxylation is 1. The van der Waals surface area contributed by atoms with Crippen LogP contribution in [0.25, 0.3) is 0 Å². The number of carbonyl (C=O) groups is 1. The van der Waals surface area contributed by atoms with E-state index < -0.39 is 17.6 Å². The predicted molar refractivity (Wildman–Crippen MR) is 98.2 cm³/mol. The zero-order chi connectivity index (χ0) is 20.4. The topological polar surface area (TPSA) is 72.9 Å². The van der Waals surface area contributed by atoms with Gasteiger partial charge in [0.1, 0.15) is 0 Å². The van der Waals surface area contributed by atoms with Crippen molar-refractivity contribution in [3.63, 3.8) is 0 Å². The van der Waals surface area contributed by atoms with Crippen molar-refractivity contribution in [1.29, 1.82) is 0 Å². The van der Waals surface area contributed by atoms with E-state index in [-0.39, 0.29) is 18.7 Å². The van der Waals surface area contributed by atoms with Gasteiger partial charge >= 0.3 is 6.18 Å². The molecular weight excluding hydrogens is 357 g/mol. The Morgan fingerprint density at radius 1 is 1.26 bits per heavy atom. The van der Waals surface area contributed by atoms with Crippen molar-refractivity contribution < 1.29 is 18.0 Å². The predicted octanol–water partition coefficient (Wildman–Crippen LogP) is 3.81. The molecule has 0 radical (unpaired) electrons. The Morgan fingerprint density at radius 3 is 2.48 bits per heavy atom. The first-order chi connectivity index (χ1) is 12.5. The summed E-state index contributed by atoms with van der Waals surface area (Å²) in [4.78, 5) is 12.4. The van der Waals surface area contributed by atoms with Gasteiger partial charge in [0.05, 0.1) is 17.7 Å². The fourth-order valence-corrected chi connectivity index (χ4v) is 2.92. The van der Waals surface area contributed by atoms with Crippen molar-refractivity contribution in [2.45, 2.75) is 53.4 Å². The summed E-state index contributed by atoms with van der Waals surface area (Å²) in [7, 11) is 0. The molecule has 1 heterocycles. The highest BCUT2D eigenvalue weighted by atomic mass is 19.4. The molecule has 0 aliphatic carbocycles. The number of hydrogen-bond donors (Lipinski definition) is 2. The molecular formula is C19H25F3N4O. The van der Waals surface area contributed by atoms with E-state index in [9.17, 15) is 18.0 Å². The van der Waals surface area contributed by atoms with Crippen molar-refractivity contribution in [3.05, 3.63) is 46.3 Å². The molecule has 0 spiro atoms. The van der Waals surface area contributed by atoms with Gasteiger partial charge in [0.25, 0.3) is 0 Å². The number of anilines is 1. The van der Waals surface area contributed by atoms with Crippen LogP contribution in [-0.2, 0) is 30.5 Å². The molecule has 0 unspecified atom stereocenters. The molecule has 27 heavy (non-hydrogen) atoms. The average molecular weight is 382 g/mol. The van der Waals surface area contributed by atoms with Crippen LogP contribution < -0.4 is 11.1 Å². The van der Waals surface area contributed by atoms with E-state index in [0.717, 1.165) is 35.6 Å². The minimum Gasteiger partial charge on any atom is -0.326 e. The van der Waals surface area contributed by atoms with Gasteiger partial charge < -0.3 is 11.1 Å². The van der Waals surface area contributed by atoms with E-state index in [4.69, 9.17) is 5.73 Å². The lowest BCUT2D eigenvalue weighted by molar-refractivity contribution is -0.137. The van der Waals surface area contributed by atoms with Gasteiger partial charge in [-0.3, -0.25) is 9.48 Å². The molecule has 0 aliphatic heterocycles. The number of benzene rings is 1. The lowest BCUT2D eigenvalue weighted by Gasteiger charge is -2.13. The minimum absolute atomic E-state index is 0.0456. The number of alkyl halides is 3. The summed E-state index contributed by atoms with van der Waals surface area (Å²) >= 11 is 0. The van der Waals surface area contributed by atoms with Gasteiger partial charge in [-0.2, -0.15) is 18.3 Å². The molecule has 2 rings (SSSR count). The van der Waals surface area contributed by atoms with Crippen LogP contribution >= 0.6 is 0 Å². The van der Waals surface area contributed by atoms with Crippen LogP contribution in [0.3, 0.4) is 0 Å². The number of aromatic nitrogens is 2. The molecule has 1 aromatic heterocycles. The van der Waals surface area contributed by atoms with Gasteiger partial charge in [-0.1, -0.05) is 13.8 Å². The fourth-order valence-electron chi connectivity index (χ4n) is 2.92. The number of hydrogen-bond acceptors (Lipinski definition) is 3. The summed E-state index contributed by atoms with van der Waals surface area (Å²) in [5.74, 6) is 0.0112. The molecule has 8 heteroatoms. The van der Waals surface area contributed by atoms with Crippen LogP contribution in [0.4, 0.5) is 18.9 Å². The third-order valence-corrected chi connectivity index (χ3v) is 4.25. The number of nitrogens with zero attached hydrogens (tertiary/aromatic N) is 2. The van der Waals surface area contributed by atoms with Crippen LogP contribution in [0.1, 0.15) is 41.9 Å². The quantitative estimate of drug-likeness (QED) is 0.798. The number of halogens is 3. The Balaban J connectivity index is 2.20. The number of nitrogens with one attached hydrogen (secondary N) is 1. The highest BCUT2D eigenvalue weighted by molar-refractivity contribution is 5.92. The summed E-state index contributed by atoms with van der Waals surface area (Å²) in [6.45, 7) is 8.55. The summed E-state index contributed by atoms with van der Waals surface area (Å²) in [5, 5.41) is 7.01. The molecule has 0 bridgehead atoms. The lowest BCUT2D eigenvalue weighted by atomic mass is 10.1. The SMILES string of the molecule is Cc1nn(CC(C)C)c(C)c1CC(=O)Nc1cc(CN)cc(C(F)(F)F)c1. The van der Waals surface area contributed by atoms with E-state index >= 15 is 0 Å². The maximum absolute atomic E-state index is 13.0. The van der Waals surface area contributed by atoms with Gasteiger partial charge in [0.2, 0.25) is 5.91 Å². The van der Waals surface area contributed by atoms with Crippen molar-refractivity contribution in [2.24, 2.45) is 11.7 Å². The van der Waals surface area contributed by atoms with Gasteiger partial charge in [-0.05, 0) is 43.5 Å². The van der Waals surface area contributed by atoms with Gasteiger partial charge in [-0.25, -0.2) is 0 Å². The lowest BCUT2D eigenvalue weighted by Crippen LogP contribution is -2.17.